The Morgan fingerprint density at radius 3 is 2.03 bits per heavy atom. The lowest BCUT2D eigenvalue weighted by molar-refractivity contribution is -0.497. The molecule has 0 spiro atoms. The van der Waals surface area contributed by atoms with Crippen molar-refractivity contribution in [3.63, 3.8) is 0 Å². The Bertz CT molecular complexity index is 558. The van der Waals surface area contributed by atoms with Crippen LogP contribution in [0.5, 0.6) is 0 Å². The molecule has 0 saturated heterocycles. The summed E-state index contributed by atoms with van der Waals surface area (Å²) in [6, 6.07) is 0. The Kier molecular flexibility index (Phi) is 18.5. The minimum Gasteiger partial charge on any atom is -0.462 e. The molecular weight excluding hydrogens is 392 g/mol. The average molecular weight is 438 g/mol. The first-order chi connectivity index (χ1) is 14.9. The van der Waals surface area contributed by atoms with Crippen molar-refractivity contribution in [2.24, 2.45) is 0 Å². The van der Waals surface area contributed by atoms with Crippen LogP contribution in [0.15, 0.2) is 24.9 Å². The van der Waals surface area contributed by atoms with Gasteiger partial charge in [-0.1, -0.05) is 71.4 Å². The van der Waals surface area contributed by atoms with Gasteiger partial charge < -0.3 is 9.47 Å². The van der Waals surface area contributed by atoms with E-state index < -0.39 is 5.97 Å². The van der Waals surface area contributed by atoms with E-state index >= 15 is 0 Å². The molecule has 0 fully saturated rings. The molecule has 31 heavy (non-hydrogen) atoms. The molecule has 0 aliphatic heterocycles. The summed E-state index contributed by atoms with van der Waals surface area (Å²) in [5.74, 6) is -0.808. The zero-order valence-corrected chi connectivity index (χ0v) is 20.2. The van der Waals surface area contributed by atoms with E-state index in [1.807, 2.05) is 18.3 Å². The molecule has 0 aromatic carbocycles. The zero-order valence-electron chi connectivity index (χ0n) is 20.2. The van der Waals surface area contributed by atoms with E-state index in [9.17, 15) is 9.59 Å². The van der Waals surface area contributed by atoms with Gasteiger partial charge in [-0.15, -0.1) is 0 Å². The van der Waals surface area contributed by atoms with Crippen LogP contribution in [0.1, 0.15) is 84.5 Å². The summed E-state index contributed by atoms with van der Waals surface area (Å²) in [4.78, 5) is 25.0. The highest BCUT2D eigenvalue weighted by Crippen LogP contribution is 2.10. The third-order valence-corrected chi connectivity index (χ3v) is 4.95. The number of hydrogen-bond acceptors (Lipinski definition) is 4. The van der Waals surface area contributed by atoms with Crippen molar-refractivity contribution in [1.82, 2.24) is 4.90 Å². The first kappa shape index (κ1) is 28.9. The van der Waals surface area contributed by atoms with E-state index in [4.69, 9.17) is 9.47 Å². The van der Waals surface area contributed by atoms with Crippen molar-refractivity contribution in [1.29, 1.82) is 0 Å². The highest BCUT2D eigenvalue weighted by molar-refractivity contribution is 5.86. The fourth-order valence-corrected chi connectivity index (χ4v) is 3.06. The number of unbranched alkanes of at least 4 members (excludes halogenated alkanes) is 9. The van der Waals surface area contributed by atoms with Crippen molar-refractivity contribution in [2.45, 2.75) is 84.5 Å². The third kappa shape index (κ3) is 18.4. The molecule has 0 radical (unpaired) electrons. The molecule has 0 aromatic rings. The summed E-state index contributed by atoms with van der Waals surface area (Å²) in [6.45, 7) is 12.7. The maximum absolute atomic E-state index is 11.8. The van der Waals surface area contributed by atoms with Gasteiger partial charge in [-0.2, -0.15) is 0 Å². The molecule has 0 rings (SSSR count). The highest BCUT2D eigenvalue weighted by Gasteiger charge is 2.10. The second kappa shape index (κ2) is 19.8. The van der Waals surface area contributed by atoms with Gasteiger partial charge in [0.2, 0.25) is 6.34 Å². The van der Waals surface area contributed by atoms with Gasteiger partial charge in [-0.25, -0.2) is 9.69 Å². The van der Waals surface area contributed by atoms with Gasteiger partial charge in [0, 0.05) is 5.57 Å². The SMILES string of the molecule is C=CN(C=[N+](C)CCCCCCCCCCCC)CCC(=O)OCCOC(=O)C(=C)C. The second-order valence-corrected chi connectivity index (χ2v) is 8.09. The molecule has 0 unspecified atom stereocenters. The van der Waals surface area contributed by atoms with Gasteiger partial charge in [-0.3, -0.25) is 9.37 Å². The largest absolute Gasteiger partial charge is 0.462 e. The summed E-state index contributed by atoms with van der Waals surface area (Å²) in [6.07, 6.45) is 17.2. The molecular formula is C25H45N2O4+. The Morgan fingerprint density at radius 1 is 0.935 bits per heavy atom. The minimum absolute atomic E-state index is 0.0380. The Morgan fingerprint density at radius 2 is 1.48 bits per heavy atom. The molecule has 0 aliphatic carbocycles. The number of carbonyl (C=O) groups excluding carboxylic acids is 2. The normalized spacial score (nSPS) is 11.1. The molecule has 6 nitrogen and oxygen atoms in total. The fourth-order valence-electron chi connectivity index (χ4n) is 3.06. The van der Waals surface area contributed by atoms with E-state index in [2.05, 4.69) is 24.7 Å². The molecule has 0 aliphatic rings. The van der Waals surface area contributed by atoms with Gasteiger partial charge >= 0.3 is 11.9 Å². The van der Waals surface area contributed by atoms with E-state index in [0.29, 0.717) is 12.1 Å². The predicted octanol–water partition coefficient (Wildman–Crippen LogP) is 5.08. The van der Waals surface area contributed by atoms with Crippen LogP contribution in [0, 0.1) is 0 Å². The summed E-state index contributed by atoms with van der Waals surface area (Å²) < 4.78 is 12.1. The highest BCUT2D eigenvalue weighted by atomic mass is 16.6. The molecule has 0 bridgehead atoms. The van der Waals surface area contributed by atoms with Gasteiger partial charge in [0.15, 0.2) is 0 Å². The van der Waals surface area contributed by atoms with Crippen molar-refractivity contribution in [3.05, 3.63) is 24.9 Å². The maximum atomic E-state index is 11.8. The first-order valence-electron chi connectivity index (χ1n) is 11.8. The second-order valence-electron chi connectivity index (χ2n) is 8.09. The van der Waals surface area contributed by atoms with E-state index in [1.54, 1.807) is 13.1 Å². The number of ether oxygens (including phenoxy) is 2. The smallest absolute Gasteiger partial charge is 0.333 e. The molecule has 0 amide bonds. The number of nitrogens with zero attached hydrogens (tertiary/aromatic N) is 2. The van der Waals surface area contributed by atoms with Crippen LogP contribution in [0.3, 0.4) is 0 Å². The van der Waals surface area contributed by atoms with Crippen LogP contribution in [-0.2, 0) is 19.1 Å². The Hall–Kier alpha value is -2.11. The molecule has 0 N–H and O–H groups in total. The summed E-state index contributed by atoms with van der Waals surface area (Å²) in [5, 5.41) is 0. The lowest BCUT2D eigenvalue weighted by Crippen LogP contribution is -2.26. The zero-order chi connectivity index (χ0) is 23.3. The molecule has 0 aromatic heterocycles. The topological polar surface area (TPSA) is 58.9 Å². The van der Waals surface area contributed by atoms with Gasteiger partial charge in [-0.05, 0) is 19.8 Å². The Labute approximate surface area is 190 Å². The van der Waals surface area contributed by atoms with Crippen LogP contribution >= 0.6 is 0 Å². The standard InChI is InChI=1S/C25H45N2O4/c1-6-8-9-10-11-12-13-14-15-16-18-26(5)22-27(7-2)19-17-24(28)30-20-21-31-25(29)23(3)4/h7,22H,2-3,6,8-21H2,1,4-5H3/q+1. The summed E-state index contributed by atoms with van der Waals surface area (Å²) in [5.41, 5.74) is 0.324. The predicted molar refractivity (Wildman–Crippen MR) is 127 cm³/mol. The van der Waals surface area contributed by atoms with Crippen molar-refractivity contribution in [3.8, 4) is 0 Å². The molecule has 0 saturated carbocycles. The van der Waals surface area contributed by atoms with Crippen LogP contribution in [0.25, 0.3) is 0 Å². The first-order valence-corrected chi connectivity index (χ1v) is 11.8. The van der Waals surface area contributed by atoms with Crippen LogP contribution in [0.4, 0.5) is 0 Å². The molecule has 178 valence electrons. The van der Waals surface area contributed by atoms with E-state index in [-0.39, 0.29) is 25.6 Å². The van der Waals surface area contributed by atoms with Crippen molar-refractivity contribution < 1.29 is 23.6 Å². The van der Waals surface area contributed by atoms with Crippen LogP contribution in [-0.4, -0.2) is 61.1 Å². The van der Waals surface area contributed by atoms with Gasteiger partial charge in [0.05, 0.1) is 26.2 Å². The van der Waals surface area contributed by atoms with E-state index in [1.165, 1.54) is 64.2 Å². The molecule has 6 heteroatoms. The third-order valence-electron chi connectivity index (χ3n) is 4.95. The Balaban J connectivity index is 3.85. The summed E-state index contributed by atoms with van der Waals surface area (Å²) >= 11 is 0. The number of rotatable bonds is 20. The number of carbonyl (C=O) groups is 2. The number of hydrogen-bond donors (Lipinski definition) is 0. The fraction of sp³-hybridized carbons (Fsp3) is 0.720. The molecule has 0 heterocycles. The van der Waals surface area contributed by atoms with Crippen molar-refractivity contribution in [2.75, 3.05) is 33.4 Å². The molecule has 0 atom stereocenters. The van der Waals surface area contributed by atoms with Gasteiger partial charge in [0.1, 0.15) is 19.8 Å². The quantitative estimate of drug-likeness (QED) is 0.0664. The average Bonchev–Trinajstić information content (AvgIpc) is 2.75. The number of esters is 2. The van der Waals surface area contributed by atoms with Gasteiger partial charge in [0.25, 0.3) is 0 Å². The monoisotopic (exact) mass is 437 g/mol. The van der Waals surface area contributed by atoms with Crippen LogP contribution in [0.2, 0.25) is 0 Å². The minimum atomic E-state index is -0.478. The van der Waals surface area contributed by atoms with Crippen molar-refractivity contribution >= 4 is 18.3 Å². The lowest BCUT2D eigenvalue weighted by atomic mass is 10.1. The summed E-state index contributed by atoms with van der Waals surface area (Å²) in [7, 11) is 2.04. The maximum Gasteiger partial charge on any atom is 0.333 e. The lowest BCUT2D eigenvalue weighted by Gasteiger charge is -2.10. The van der Waals surface area contributed by atoms with E-state index in [0.717, 1.165) is 6.54 Å². The van der Waals surface area contributed by atoms with Crippen LogP contribution < -0.4 is 0 Å².